The molecule has 0 unspecified atom stereocenters. The third-order valence-corrected chi connectivity index (χ3v) is 5.70. The Kier molecular flexibility index (Phi) is 6.04. The van der Waals surface area contributed by atoms with Gasteiger partial charge >= 0.3 is 5.97 Å². The van der Waals surface area contributed by atoms with Crippen molar-refractivity contribution in [1.82, 2.24) is 4.90 Å². The molecule has 3 rings (SSSR count). The second-order valence-corrected chi connectivity index (χ2v) is 8.11. The SMILES string of the molecule is C[C@H](C(=O)Oc1cc(Cl)c(Cl)cc1Cl)N1[C@@H](c2ccccc2)COC1(C)C. The molecule has 1 aliphatic rings. The van der Waals surface area contributed by atoms with Crippen LogP contribution in [-0.4, -0.2) is 29.2 Å². The molecule has 1 aliphatic heterocycles. The third kappa shape index (κ3) is 4.25. The van der Waals surface area contributed by atoms with Gasteiger partial charge in [-0.15, -0.1) is 0 Å². The zero-order chi connectivity index (χ0) is 19.8. The number of hydrogen-bond donors (Lipinski definition) is 0. The summed E-state index contributed by atoms with van der Waals surface area (Å²) < 4.78 is 11.5. The number of esters is 1. The summed E-state index contributed by atoms with van der Waals surface area (Å²) in [5, 5.41) is 0.790. The fourth-order valence-corrected chi connectivity index (χ4v) is 3.95. The molecule has 0 aliphatic carbocycles. The Morgan fingerprint density at radius 2 is 1.78 bits per heavy atom. The molecule has 2 atom stereocenters. The molecule has 1 heterocycles. The van der Waals surface area contributed by atoms with E-state index in [2.05, 4.69) is 0 Å². The highest BCUT2D eigenvalue weighted by atomic mass is 35.5. The molecular formula is C20H20Cl3NO3. The topological polar surface area (TPSA) is 38.8 Å². The lowest BCUT2D eigenvalue weighted by Crippen LogP contribution is -2.50. The van der Waals surface area contributed by atoms with Crippen LogP contribution in [0.4, 0.5) is 0 Å². The molecule has 144 valence electrons. The average Bonchev–Trinajstić information content (AvgIpc) is 2.94. The smallest absolute Gasteiger partial charge is 0.328 e. The Labute approximate surface area is 173 Å². The second-order valence-electron chi connectivity index (χ2n) is 6.89. The minimum absolute atomic E-state index is 0.0620. The van der Waals surface area contributed by atoms with Gasteiger partial charge in [-0.1, -0.05) is 65.1 Å². The van der Waals surface area contributed by atoms with Gasteiger partial charge in [0.2, 0.25) is 0 Å². The van der Waals surface area contributed by atoms with Crippen LogP contribution in [0, 0.1) is 0 Å². The van der Waals surface area contributed by atoms with Crippen LogP contribution in [0.1, 0.15) is 32.4 Å². The van der Waals surface area contributed by atoms with Crippen molar-refractivity contribution in [1.29, 1.82) is 0 Å². The molecule has 0 amide bonds. The highest BCUT2D eigenvalue weighted by Gasteiger charge is 2.46. The first kappa shape index (κ1) is 20.4. The Balaban J connectivity index is 1.85. The Morgan fingerprint density at radius 1 is 1.15 bits per heavy atom. The lowest BCUT2D eigenvalue weighted by Gasteiger charge is -2.37. The summed E-state index contributed by atoms with van der Waals surface area (Å²) in [4.78, 5) is 14.9. The molecule has 2 aromatic rings. The summed E-state index contributed by atoms with van der Waals surface area (Å²) in [6.07, 6.45) is 0. The van der Waals surface area contributed by atoms with Crippen LogP contribution in [0.5, 0.6) is 5.75 Å². The Hall–Kier alpha value is -1.30. The van der Waals surface area contributed by atoms with Crippen LogP contribution in [0.3, 0.4) is 0 Å². The largest absolute Gasteiger partial charge is 0.424 e. The van der Waals surface area contributed by atoms with E-state index >= 15 is 0 Å². The predicted molar refractivity (Wildman–Crippen MR) is 108 cm³/mol. The molecule has 2 aromatic carbocycles. The summed E-state index contributed by atoms with van der Waals surface area (Å²) in [5.74, 6) is -0.271. The van der Waals surface area contributed by atoms with Crippen molar-refractivity contribution in [3.05, 3.63) is 63.1 Å². The minimum atomic E-state index is -0.625. The van der Waals surface area contributed by atoms with Crippen molar-refractivity contribution in [3.8, 4) is 5.75 Å². The first-order valence-electron chi connectivity index (χ1n) is 8.54. The zero-order valence-electron chi connectivity index (χ0n) is 15.2. The number of halogens is 3. The van der Waals surface area contributed by atoms with Crippen molar-refractivity contribution < 1.29 is 14.3 Å². The fourth-order valence-electron chi connectivity index (χ4n) is 3.37. The lowest BCUT2D eigenvalue weighted by molar-refractivity contribution is -0.148. The average molecular weight is 429 g/mol. The molecule has 1 saturated heterocycles. The van der Waals surface area contributed by atoms with E-state index in [9.17, 15) is 4.79 Å². The van der Waals surface area contributed by atoms with Gasteiger partial charge in [0.25, 0.3) is 0 Å². The molecule has 7 heteroatoms. The second kappa shape index (κ2) is 7.98. The van der Waals surface area contributed by atoms with E-state index in [0.29, 0.717) is 11.6 Å². The van der Waals surface area contributed by atoms with E-state index in [1.807, 2.05) is 49.1 Å². The van der Waals surface area contributed by atoms with E-state index in [1.54, 1.807) is 6.92 Å². The van der Waals surface area contributed by atoms with Crippen molar-refractivity contribution in [2.24, 2.45) is 0 Å². The molecule has 0 spiro atoms. The summed E-state index contributed by atoms with van der Waals surface area (Å²) in [7, 11) is 0. The van der Waals surface area contributed by atoms with Crippen molar-refractivity contribution in [2.75, 3.05) is 6.61 Å². The molecule has 0 radical (unpaired) electrons. The summed E-state index contributed by atoms with van der Waals surface area (Å²) in [5.41, 5.74) is 0.454. The van der Waals surface area contributed by atoms with Crippen molar-refractivity contribution in [2.45, 2.75) is 38.6 Å². The van der Waals surface area contributed by atoms with Crippen molar-refractivity contribution >= 4 is 40.8 Å². The minimum Gasteiger partial charge on any atom is -0.424 e. The Morgan fingerprint density at radius 3 is 2.44 bits per heavy atom. The number of carbonyl (C=O) groups excluding carboxylic acids is 1. The quantitative estimate of drug-likeness (QED) is 0.353. The molecule has 0 saturated carbocycles. The first-order chi connectivity index (χ1) is 12.7. The lowest BCUT2D eigenvalue weighted by atomic mass is 10.0. The maximum Gasteiger partial charge on any atom is 0.328 e. The summed E-state index contributed by atoms with van der Waals surface area (Å²) in [6.45, 7) is 6.15. The van der Waals surface area contributed by atoms with Crippen LogP contribution in [0.25, 0.3) is 0 Å². The van der Waals surface area contributed by atoms with E-state index in [1.165, 1.54) is 12.1 Å². The van der Waals surface area contributed by atoms with Gasteiger partial charge in [-0.25, -0.2) is 4.79 Å². The monoisotopic (exact) mass is 427 g/mol. The number of rotatable bonds is 4. The van der Waals surface area contributed by atoms with Gasteiger partial charge in [0, 0.05) is 6.07 Å². The van der Waals surface area contributed by atoms with Gasteiger partial charge in [-0.2, -0.15) is 0 Å². The van der Waals surface area contributed by atoms with Crippen LogP contribution in [0.2, 0.25) is 15.1 Å². The van der Waals surface area contributed by atoms with Crippen LogP contribution in [-0.2, 0) is 9.53 Å². The number of nitrogens with zero attached hydrogens (tertiary/aromatic N) is 1. The highest BCUT2D eigenvalue weighted by Crippen LogP contribution is 2.39. The van der Waals surface area contributed by atoms with E-state index in [-0.39, 0.29) is 21.8 Å². The number of carbonyl (C=O) groups is 1. The van der Waals surface area contributed by atoms with Crippen LogP contribution >= 0.6 is 34.8 Å². The van der Waals surface area contributed by atoms with Crippen molar-refractivity contribution in [3.63, 3.8) is 0 Å². The first-order valence-corrected chi connectivity index (χ1v) is 9.67. The van der Waals surface area contributed by atoms with Gasteiger partial charge in [0.05, 0.1) is 27.7 Å². The Bertz CT molecular complexity index is 842. The van der Waals surface area contributed by atoms with Gasteiger partial charge in [-0.05, 0) is 32.4 Å². The van der Waals surface area contributed by atoms with Gasteiger partial charge in [-0.3, -0.25) is 4.90 Å². The molecule has 4 nitrogen and oxygen atoms in total. The maximum absolute atomic E-state index is 12.9. The van der Waals surface area contributed by atoms with E-state index in [0.717, 1.165) is 5.56 Å². The molecule has 0 N–H and O–H groups in total. The molecule has 1 fully saturated rings. The summed E-state index contributed by atoms with van der Waals surface area (Å²) in [6, 6.07) is 12.2. The van der Waals surface area contributed by atoms with Gasteiger partial charge < -0.3 is 9.47 Å². The number of hydrogen-bond acceptors (Lipinski definition) is 4. The number of ether oxygens (including phenoxy) is 2. The molecule has 0 aromatic heterocycles. The van der Waals surface area contributed by atoms with E-state index < -0.39 is 17.7 Å². The molecule has 0 bridgehead atoms. The van der Waals surface area contributed by atoms with E-state index in [4.69, 9.17) is 44.3 Å². The molecule has 27 heavy (non-hydrogen) atoms. The highest BCUT2D eigenvalue weighted by molar-refractivity contribution is 6.43. The maximum atomic E-state index is 12.9. The van der Waals surface area contributed by atoms with Gasteiger partial charge in [0.15, 0.2) is 5.75 Å². The summed E-state index contributed by atoms with van der Waals surface area (Å²) >= 11 is 18.1. The number of benzene rings is 2. The fraction of sp³-hybridized carbons (Fsp3) is 0.350. The molecular weight excluding hydrogens is 409 g/mol. The van der Waals surface area contributed by atoms with Gasteiger partial charge in [0.1, 0.15) is 11.8 Å². The zero-order valence-corrected chi connectivity index (χ0v) is 17.5. The third-order valence-electron chi connectivity index (χ3n) is 4.68. The van der Waals surface area contributed by atoms with Crippen LogP contribution in [0.15, 0.2) is 42.5 Å². The standard InChI is InChI=1S/C20H20Cl3NO3/c1-12(19(25)27-18-10-15(22)14(21)9-16(18)23)24-17(11-26-20(24,2)3)13-7-5-4-6-8-13/h4-10,12,17H,11H2,1-3H3/t12-,17-/m1/s1. The normalized spacial score (nSPS) is 20.4. The van der Waals surface area contributed by atoms with Crippen LogP contribution < -0.4 is 4.74 Å². The predicted octanol–water partition coefficient (Wildman–Crippen LogP) is 5.75.